The summed E-state index contributed by atoms with van der Waals surface area (Å²) >= 11 is 0. The summed E-state index contributed by atoms with van der Waals surface area (Å²) in [5.41, 5.74) is 3.73. The number of carbonyl (C=O) groups is 1. The second-order valence-electron chi connectivity index (χ2n) is 9.61. The first-order valence-electron chi connectivity index (χ1n) is 12.6. The van der Waals surface area contributed by atoms with Crippen molar-refractivity contribution in [3.05, 3.63) is 36.7 Å². The first kappa shape index (κ1) is 30.5. The Labute approximate surface area is 234 Å². The molecule has 2 aromatic heterocycles. The molecule has 0 radical (unpaired) electrons. The van der Waals surface area contributed by atoms with E-state index in [9.17, 15) is 18.9 Å². The molecule has 3 heterocycles. The number of fused-ring (bicyclic) bond motifs is 1. The molecule has 6 atom stereocenters. The first-order valence-corrected chi connectivity index (χ1v) is 14.2. The van der Waals surface area contributed by atoms with Gasteiger partial charge in [0.1, 0.15) is 24.6 Å². The van der Waals surface area contributed by atoms with Crippen LogP contribution in [0.3, 0.4) is 0 Å². The number of hydrogen-bond acceptors (Lipinski definition) is 12. The van der Waals surface area contributed by atoms with Crippen LogP contribution in [0.4, 0.5) is 20.5 Å². The van der Waals surface area contributed by atoms with Gasteiger partial charge < -0.3 is 30.2 Å². The fourth-order valence-electron chi connectivity index (χ4n) is 4.12. The van der Waals surface area contributed by atoms with Gasteiger partial charge >= 0.3 is 13.7 Å². The van der Waals surface area contributed by atoms with Crippen LogP contribution in [0.1, 0.15) is 27.0 Å². The van der Waals surface area contributed by atoms with Gasteiger partial charge in [-0.2, -0.15) is 15.1 Å². The number of para-hydroxylation sites is 1. The Balaban J connectivity index is 1.61. The van der Waals surface area contributed by atoms with Crippen LogP contribution in [0, 0.1) is 0 Å². The lowest BCUT2D eigenvalue weighted by Gasteiger charge is -2.31. The highest BCUT2D eigenvalue weighted by Crippen LogP contribution is 2.48. The monoisotopic (exact) mass is 599 g/mol. The van der Waals surface area contributed by atoms with E-state index in [2.05, 4.69) is 25.4 Å². The molecule has 1 aromatic carbocycles. The van der Waals surface area contributed by atoms with Gasteiger partial charge in [0, 0.05) is 7.05 Å². The summed E-state index contributed by atoms with van der Waals surface area (Å²) in [6.45, 7) is 2.27. The lowest BCUT2D eigenvalue weighted by atomic mass is 9.98. The number of rotatable bonds is 12. The summed E-state index contributed by atoms with van der Waals surface area (Å²) in [5, 5.41) is 16.1. The van der Waals surface area contributed by atoms with Crippen molar-refractivity contribution < 1.29 is 41.8 Å². The molecule has 0 saturated carbocycles. The lowest BCUT2D eigenvalue weighted by molar-refractivity contribution is -0.149. The van der Waals surface area contributed by atoms with E-state index >= 15 is 4.39 Å². The van der Waals surface area contributed by atoms with E-state index in [1.165, 1.54) is 25.4 Å². The normalized spacial score (nSPS) is 24.7. The van der Waals surface area contributed by atoms with Gasteiger partial charge in [-0.3, -0.25) is 13.9 Å². The number of ether oxygens (including phenoxy) is 2. The average Bonchev–Trinajstić information content (AvgIpc) is 3.46. The first-order chi connectivity index (χ1) is 19.4. The van der Waals surface area contributed by atoms with E-state index in [0.717, 1.165) is 4.57 Å². The van der Waals surface area contributed by atoms with Crippen molar-refractivity contribution in [1.29, 1.82) is 0 Å². The summed E-state index contributed by atoms with van der Waals surface area (Å²) in [7, 11) is -2.90. The molecule has 224 valence electrons. The molecule has 4 rings (SSSR count). The fraction of sp³-hybridized carbons (Fsp3) is 0.500. The number of aromatic nitrogens is 4. The van der Waals surface area contributed by atoms with E-state index in [-0.39, 0.29) is 28.7 Å². The van der Waals surface area contributed by atoms with Crippen molar-refractivity contribution in [2.24, 2.45) is 0 Å². The minimum atomic E-state index is -4.48. The van der Waals surface area contributed by atoms with Gasteiger partial charge in [0.15, 0.2) is 35.0 Å². The van der Waals surface area contributed by atoms with E-state index < -0.39 is 63.2 Å². The van der Waals surface area contributed by atoms with Gasteiger partial charge in [0.2, 0.25) is 5.95 Å². The third-order valence-corrected chi connectivity index (χ3v) is 7.77. The molecule has 17 heteroatoms. The molecule has 1 aliphatic rings. The molecule has 0 bridgehead atoms. The number of nitrogens with one attached hydrogen (secondary N) is 2. The topological polar surface area (TPSA) is 185 Å². The maximum Gasteiger partial charge on any atom is 0.459 e. The molecule has 0 unspecified atom stereocenters. The molecule has 41 heavy (non-hydrogen) atoms. The summed E-state index contributed by atoms with van der Waals surface area (Å²) in [5.74, 6) is -0.544. The van der Waals surface area contributed by atoms with Crippen LogP contribution in [-0.2, 0) is 23.4 Å². The summed E-state index contributed by atoms with van der Waals surface area (Å²) in [6, 6.07) is 6.67. The number of carbonyl (C=O) groups excluding carboxylic acids is 1. The van der Waals surface area contributed by atoms with Gasteiger partial charge in [-0.15, -0.1) is 0 Å². The number of halogens is 2. The highest BCUT2D eigenvalue weighted by molar-refractivity contribution is 7.52. The van der Waals surface area contributed by atoms with E-state index in [4.69, 9.17) is 24.3 Å². The molecule has 0 aliphatic carbocycles. The number of esters is 1. The van der Waals surface area contributed by atoms with Crippen molar-refractivity contribution in [3.63, 3.8) is 0 Å². The van der Waals surface area contributed by atoms with Crippen molar-refractivity contribution >= 4 is 36.6 Å². The van der Waals surface area contributed by atoms with Gasteiger partial charge in [-0.25, -0.2) is 18.3 Å². The summed E-state index contributed by atoms with van der Waals surface area (Å²) < 4.78 is 67.0. The Morgan fingerprint density at radius 2 is 2.00 bits per heavy atom. The summed E-state index contributed by atoms with van der Waals surface area (Å²) in [4.78, 5) is 24.6. The van der Waals surface area contributed by atoms with Crippen LogP contribution in [0.15, 0.2) is 36.7 Å². The van der Waals surface area contributed by atoms with Gasteiger partial charge in [-0.05, 0) is 32.9 Å². The standard InChI is InChI=1S/C24H32F2N7O7P/c1-13(2)38-22(35)14(3)32-41(36,40-15-8-6-5-7-9-15)37-11-24(10-25)18(34)16(26)21(39-24)33-12-29-17-19(28-4)30-23(27)31-20(17)33/h5-9,12-14,16,18,21,34H,10-11H2,1-4H3,(H,32,36)(H3,27,28,30,31)/t14-,16-,18-,21+,24+,41-/m0/s1. The maximum atomic E-state index is 15.5. The zero-order valence-corrected chi connectivity index (χ0v) is 23.6. The molecule has 0 amide bonds. The number of nitrogen functional groups attached to an aromatic ring is 1. The fourth-order valence-corrected chi connectivity index (χ4v) is 5.67. The number of nitrogens with zero attached hydrogens (tertiary/aromatic N) is 4. The number of alkyl halides is 2. The zero-order valence-electron chi connectivity index (χ0n) is 22.7. The minimum absolute atomic E-state index is 0.0644. The number of hydrogen-bond donors (Lipinski definition) is 4. The van der Waals surface area contributed by atoms with Gasteiger partial charge in [-0.1, -0.05) is 18.2 Å². The smallest absolute Gasteiger partial charge is 0.459 e. The Morgan fingerprint density at radius 1 is 1.29 bits per heavy atom. The van der Waals surface area contributed by atoms with Crippen molar-refractivity contribution in [1.82, 2.24) is 24.6 Å². The minimum Gasteiger partial charge on any atom is -0.462 e. The third-order valence-electron chi connectivity index (χ3n) is 6.15. The second-order valence-corrected chi connectivity index (χ2v) is 11.3. The van der Waals surface area contributed by atoms with Gasteiger partial charge in [0.05, 0.1) is 19.0 Å². The van der Waals surface area contributed by atoms with Gasteiger partial charge in [0.25, 0.3) is 0 Å². The van der Waals surface area contributed by atoms with Crippen LogP contribution < -0.4 is 20.7 Å². The quantitative estimate of drug-likeness (QED) is 0.176. The Hall–Kier alpha value is -3.43. The molecule has 1 fully saturated rings. The molecule has 0 spiro atoms. The van der Waals surface area contributed by atoms with Crippen molar-refractivity contribution in [2.75, 3.05) is 31.4 Å². The van der Waals surface area contributed by atoms with Crippen LogP contribution >= 0.6 is 7.75 Å². The average molecular weight is 600 g/mol. The molecule has 14 nitrogen and oxygen atoms in total. The van der Waals surface area contributed by atoms with E-state index in [1.54, 1.807) is 39.1 Å². The number of imidazole rings is 1. The summed E-state index contributed by atoms with van der Waals surface area (Å²) in [6.07, 6.45) is -5.15. The largest absolute Gasteiger partial charge is 0.462 e. The Kier molecular flexibility index (Phi) is 9.09. The molecular formula is C24H32F2N7O7P. The van der Waals surface area contributed by atoms with Crippen LogP contribution in [0.25, 0.3) is 11.2 Å². The van der Waals surface area contributed by atoms with Crippen LogP contribution in [-0.4, -0.2) is 80.9 Å². The van der Waals surface area contributed by atoms with Crippen molar-refractivity contribution in [3.8, 4) is 5.75 Å². The number of benzene rings is 1. The molecule has 5 N–H and O–H groups in total. The van der Waals surface area contributed by atoms with E-state index in [1.807, 2.05) is 0 Å². The van der Waals surface area contributed by atoms with Crippen molar-refractivity contribution in [2.45, 2.75) is 57.0 Å². The Bertz CT molecular complexity index is 1420. The van der Waals surface area contributed by atoms with Crippen LogP contribution in [0.2, 0.25) is 0 Å². The van der Waals surface area contributed by atoms with E-state index in [0.29, 0.717) is 0 Å². The molecule has 3 aromatic rings. The predicted molar refractivity (Wildman–Crippen MR) is 143 cm³/mol. The molecule has 1 saturated heterocycles. The number of nitrogens with two attached hydrogens (primary N) is 1. The lowest BCUT2D eigenvalue weighted by Crippen LogP contribution is -2.48. The Morgan fingerprint density at radius 3 is 2.63 bits per heavy atom. The number of aliphatic hydroxyl groups excluding tert-OH is 1. The number of aliphatic hydroxyl groups is 1. The van der Waals surface area contributed by atoms with Crippen LogP contribution in [0.5, 0.6) is 5.75 Å². The predicted octanol–water partition coefficient (Wildman–Crippen LogP) is 2.52. The third kappa shape index (κ3) is 6.41. The maximum absolute atomic E-state index is 15.5. The molecule has 1 aliphatic heterocycles. The SMILES string of the molecule is CNc1nc(N)nc2c1ncn2[C@@H]1O[C@](CF)(CO[P@@](=O)(N[C@@H](C)C(=O)OC(C)C)Oc2ccccc2)[C@@H](O)[C@@H]1F. The highest BCUT2D eigenvalue weighted by Gasteiger charge is 2.58. The highest BCUT2D eigenvalue weighted by atomic mass is 31.2. The number of anilines is 2. The zero-order chi connectivity index (χ0) is 29.9. The second kappa shape index (κ2) is 12.2. The molecular weight excluding hydrogens is 567 g/mol.